The number of aryl methyl sites for hydroxylation is 1. The Bertz CT molecular complexity index is 261. The zero-order valence-electron chi connectivity index (χ0n) is 6.29. The van der Waals surface area contributed by atoms with Crippen LogP contribution >= 0.6 is 0 Å². The van der Waals surface area contributed by atoms with E-state index in [2.05, 4.69) is 10.5 Å². The first kappa shape index (κ1) is 7.76. The predicted octanol–water partition coefficient (Wildman–Crippen LogP) is 0.596. The third-order valence-electron chi connectivity index (χ3n) is 1.18. The summed E-state index contributed by atoms with van der Waals surface area (Å²) in [6, 6.07) is 3.81. The largest absolute Gasteiger partial charge is 0.360 e. The lowest BCUT2D eigenvalue weighted by atomic mass is 10.4. The van der Waals surface area contributed by atoms with Crippen LogP contribution in [0.15, 0.2) is 10.6 Å². The third-order valence-corrected chi connectivity index (χ3v) is 1.18. The van der Waals surface area contributed by atoms with Crippen LogP contribution in [-0.2, 0) is 6.54 Å². The smallest absolute Gasteiger partial charge is 0.150 e. The normalized spacial score (nSPS) is 9.45. The van der Waals surface area contributed by atoms with E-state index in [4.69, 9.17) is 9.78 Å². The van der Waals surface area contributed by atoms with Crippen molar-refractivity contribution < 1.29 is 4.52 Å². The summed E-state index contributed by atoms with van der Waals surface area (Å²) in [6.45, 7) is 2.76. The Labute approximate surface area is 64.8 Å². The van der Waals surface area contributed by atoms with E-state index in [0.717, 1.165) is 11.5 Å². The molecule has 11 heavy (non-hydrogen) atoms. The molecule has 0 saturated heterocycles. The number of rotatable bonds is 3. The van der Waals surface area contributed by atoms with Crippen molar-refractivity contribution in [3.8, 4) is 6.07 Å². The predicted molar refractivity (Wildman–Crippen MR) is 38.6 cm³/mol. The number of nitrogens with zero attached hydrogens (tertiary/aromatic N) is 2. The van der Waals surface area contributed by atoms with Crippen molar-refractivity contribution in [3.63, 3.8) is 0 Å². The minimum atomic E-state index is 0.333. The van der Waals surface area contributed by atoms with Gasteiger partial charge in [-0.3, -0.25) is 5.32 Å². The van der Waals surface area contributed by atoms with Gasteiger partial charge in [0, 0.05) is 6.07 Å². The highest BCUT2D eigenvalue weighted by Gasteiger charge is 1.97. The van der Waals surface area contributed by atoms with E-state index < -0.39 is 0 Å². The Hall–Kier alpha value is -1.34. The van der Waals surface area contributed by atoms with Crippen LogP contribution in [0.25, 0.3) is 0 Å². The SMILES string of the molecule is Cc1cc(CNCC#N)on1. The molecule has 0 bridgehead atoms. The fraction of sp³-hybridized carbons (Fsp3) is 0.429. The van der Waals surface area contributed by atoms with Crippen LogP contribution in [0, 0.1) is 18.3 Å². The maximum atomic E-state index is 8.19. The van der Waals surface area contributed by atoms with Crippen LogP contribution in [0.5, 0.6) is 0 Å². The first-order valence-corrected chi connectivity index (χ1v) is 3.33. The molecule has 0 radical (unpaired) electrons. The summed E-state index contributed by atoms with van der Waals surface area (Å²) in [5.41, 5.74) is 0.860. The molecule has 1 N–H and O–H groups in total. The molecule has 0 fully saturated rings. The maximum absolute atomic E-state index is 8.19. The number of aromatic nitrogens is 1. The number of hydrogen-bond donors (Lipinski definition) is 1. The quantitative estimate of drug-likeness (QED) is 0.507. The molecule has 1 aromatic heterocycles. The van der Waals surface area contributed by atoms with Gasteiger partial charge in [0.15, 0.2) is 5.76 Å². The second-order valence-corrected chi connectivity index (χ2v) is 2.20. The van der Waals surface area contributed by atoms with Gasteiger partial charge in [-0.15, -0.1) is 0 Å². The number of nitriles is 1. The Morgan fingerprint density at radius 1 is 1.82 bits per heavy atom. The van der Waals surface area contributed by atoms with Gasteiger partial charge in [-0.2, -0.15) is 5.26 Å². The summed E-state index contributed by atoms with van der Waals surface area (Å²) < 4.78 is 4.89. The summed E-state index contributed by atoms with van der Waals surface area (Å²) in [7, 11) is 0. The summed E-state index contributed by atoms with van der Waals surface area (Å²) >= 11 is 0. The third kappa shape index (κ3) is 2.40. The Kier molecular flexibility index (Phi) is 2.64. The molecule has 0 atom stereocenters. The second-order valence-electron chi connectivity index (χ2n) is 2.20. The van der Waals surface area contributed by atoms with Gasteiger partial charge in [0.05, 0.1) is 24.9 Å². The lowest BCUT2D eigenvalue weighted by Crippen LogP contribution is -2.12. The lowest BCUT2D eigenvalue weighted by molar-refractivity contribution is 0.372. The van der Waals surface area contributed by atoms with Gasteiger partial charge in [0.2, 0.25) is 0 Å². The van der Waals surface area contributed by atoms with Crippen molar-refractivity contribution in [3.05, 3.63) is 17.5 Å². The van der Waals surface area contributed by atoms with Crippen LogP contribution < -0.4 is 5.32 Å². The molecule has 0 aromatic carbocycles. The fourth-order valence-electron chi connectivity index (χ4n) is 0.741. The van der Waals surface area contributed by atoms with Crippen LogP contribution in [0.1, 0.15) is 11.5 Å². The first-order chi connectivity index (χ1) is 5.33. The summed E-state index contributed by atoms with van der Waals surface area (Å²) in [5, 5.41) is 14.8. The van der Waals surface area contributed by atoms with Crippen molar-refractivity contribution in [1.29, 1.82) is 5.26 Å². The van der Waals surface area contributed by atoms with E-state index in [-0.39, 0.29) is 0 Å². The molecule has 4 heteroatoms. The van der Waals surface area contributed by atoms with Gasteiger partial charge in [-0.25, -0.2) is 0 Å². The maximum Gasteiger partial charge on any atom is 0.150 e. The van der Waals surface area contributed by atoms with E-state index in [1.54, 1.807) is 0 Å². The first-order valence-electron chi connectivity index (χ1n) is 3.33. The summed E-state index contributed by atoms with van der Waals surface area (Å²) in [6.07, 6.45) is 0. The molecule has 0 spiro atoms. The van der Waals surface area contributed by atoms with Crippen LogP contribution in [0.3, 0.4) is 0 Å². The number of hydrogen-bond acceptors (Lipinski definition) is 4. The van der Waals surface area contributed by atoms with E-state index >= 15 is 0 Å². The molecular formula is C7H9N3O. The van der Waals surface area contributed by atoms with Crippen LogP contribution in [0.4, 0.5) is 0 Å². The van der Waals surface area contributed by atoms with Gasteiger partial charge in [0.25, 0.3) is 0 Å². The van der Waals surface area contributed by atoms with E-state index in [0.29, 0.717) is 13.1 Å². The minimum Gasteiger partial charge on any atom is -0.360 e. The monoisotopic (exact) mass is 151 g/mol. The van der Waals surface area contributed by atoms with Crippen molar-refractivity contribution in [1.82, 2.24) is 10.5 Å². The molecule has 1 aromatic rings. The van der Waals surface area contributed by atoms with Crippen molar-refractivity contribution in [2.24, 2.45) is 0 Å². The molecule has 0 unspecified atom stereocenters. The van der Waals surface area contributed by atoms with Gasteiger partial charge in [-0.1, -0.05) is 5.16 Å². The molecular weight excluding hydrogens is 142 g/mol. The molecule has 0 amide bonds. The lowest BCUT2D eigenvalue weighted by Gasteiger charge is -1.91. The Morgan fingerprint density at radius 3 is 3.18 bits per heavy atom. The molecule has 0 saturated carbocycles. The van der Waals surface area contributed by atoms with E-state index in [1.807, 2.05) is 19.1 Å². The Morgan fingerprint density at radius 2 is 2.64 bits per heavy atom. The average Bonchev–Trinajstić information content (AvgIpc) is 2.37. The zero-order chi connectivity index (χ0) is 8.10. The molecule has 4 nitrogen and oxygen atoms in total. The standard InChI is InChI=1S/C7H9N3O/c1-6-4-7(11-10-6)5-9-3-2-8/h4,9H,3,5H2,1H3. The van der Waals surface area contributed by atoms with Crippen molar-refractivity contribution in [2.45, 2.75) is 13.5 Å². The second kappa shape index (κ2) is 3.74. The van der Waals surface area contributed by atoms with Crippen LogP contribution in [0.2, 0.25) is 0 Å². The summed E-state index contributed by atoms with van der Waals surface area (Å²) in [4.78, 5) is 0. The topological polar surface area (TPSA) is 61.9 Å². The van der Waals surface area contributed by atoms with E-state index in [9.17, 15) is 0 Å². The zero-order valence-corrected chi connectivity index (χ0v) is 6.29. The molecule has 1 heterocycles. The van der Waals surface area contributed by atoms with Gasteiger partial charge in [0.1, 0.15) is 0 Å². The molecule has 0 aliphatic carbocycles. The fourth-order valence-corrected chi connectivity index (χ4v) is 0.741. The minimum absolute atomic E-state index is 0.333. The van der Waals surface area contributed by atoms with E-state index in [1.165, 1.54) is 0 Å². The average molecular weight is 151 g/mol. The molecule has 1 rings (SSSR count). The van der Waals surface area contributed by atoms with Gasteiger partial charge < -0.3 is 4.52 Å². The molecule has 0 aliphatic heterocycles. The van der Waals surface area contributed by atoms with Gasteiger partial charge in [-0.05, 0) is 6.92 Å². The van der Waals surface area contributed by atoms with Gasteiger partial charge >= 0.3 is 0 Å². The number of nitrogens with one attached hydrogen (secondary N) is 1. The van der Waals surface area contributed by atoms with Crippen molar-refractivity contribution >= 4 is 0 Å². The van der Waals surface area contributed by atoms with Crippen LogP contribution in [-0.4, -0.2) is 11.7 Å². The molecule has 58 valence electrons. The molecule has 0 aliphatic rings. The summed E-state index contributed by atoms with van der Waals surface area (Å²) in [5.74, 6) is 0.762. The highest BCUT2D eigenvalue weighted by Crippen LogP contribution is 2.00. The van der Waals surface area contributed by atoms with Crippen molar-refractivity contribution in [2.75, 3.05) is 6.54 Å². The Balaban J connectivity index is 2.34. The highest BCUT2D eigenvalue weighted by molar-refractivity contribution is 5.02. The highest BCUT2D eigenvalue weighted by atomic mass is 16.5.